The van der Waals surface area contributed by atoms with Gasteiger partial charge in [0.15, 0.2) is 0 Å². The summed E-state index contributed by atoms with van der Waals surface area (Å²) in [6, 6.07) is 14.3. The van der Waals surface area contributed by atoms with Crippen LogP contribution in [0.25, 0.3) is 0 Å². The molecule has 0 radical (unpaired) electrons. The maximum absolute atomic E-state index is 12.2. The van der Waals surface area contributed by atoms with Gasteiger partial charge in [-0.3, -0.25) is 25.2 Å². The van der Waals surface area contributed by atoms with E-state index in [0.717, 1.165) is 23.1 Å². The van der Waals surface area contributed by atoms with Gasteiger partial charge in [-0.25, -0.2) is 0 Å². The third-order valence-electron chi connectivity index (χ3n) is 4.19. The summed E-state index contributed by atoms with van der Waals surface area (Å²) in [5.74, 6) is -1.02. The van der Waals surface area contributed by atoms with Crippen LogP contribution in [0.4, 0.5) is 0 Å². The lowest BCUT2D eigenvalue weighted by Crippen LogP contribution is -2.43. The molecule has 0 aliphatic carbocycles. The Morgan fingerprint density at radius 3 is 2.11 bits per heavy atom. The number of hydrogen-bond donors (Lipinski definition) is 3. The highest BCUT2D eigenvalue weighted by molar-refractivity contribution is 5.95. The van der Waals surface area contributed by atoms with Crippen molar-refractivity contribution in [3.05, 3.63) is 70.8 Å². The lowest BCUT2D eigenvalue weighted by Gasteiger charge is -2.18. The van der Waals surface area contributed by atoms with Crippen molar-refractivity contribution in [1.82, 2.24) is 16.2 Å². The van der Waals surface area contributed by atoms with Gasteiger partial charge in [-0.1, -0.05) is 48.9 Å². The second-order valence-corrected chi connectivity index (χ2v) is 6.42. The van der Waals surface area contributed by atoms with E-state index in [1.807, 2.05) is 50.2 Å². The fraction of sp³-hybridized carbons (Fsp3) is 0.286. The van der Waals surface area contributed by atoms with Crippen molar-refractivity contribution in [3.63, 3.8) is 0 Å². The molecule has 0 saturated heterocycles. The fourth-order valence-electron chi connectivity index (χ4n) is 2.62. The van der Waals surface area contributed by atoms with Crippen LogP contribution in [0, 0.1) is 6.92 Å². The number of aryl methyl sites for hydroxylation is 2. The average Bonchev–Trinajstić information content (AvgIpc) is 2.66. The molecule has 1 unspecified atom stereocenters. The molecule has 0 heterocycles. The quantitative estimate of drug-likeness (QED) is 0.686. The summed E-state index contributed by atoms with van der Waals surface area (Å²) in [4.78, 5) is 35.8. The Kier molecular flexibility index (Phi) is 7.11. The fourth-order valence-corrected chi connectivity index (χ4v) is 2.62. The van der Waals surface area contributed by atoms with E-state index in [1.54, 1.807) is 12.1 Å². The predicted octanol–water partition coefficient (Wildman–Crippen LogP) is 2.59. The average molecular weight is 367 g/mol. The first-order valence-electron chi connectivity index (χ1n) is 8.90. The van der Waals surface area contributed by atoms with Gasteiger partial charge in [0.1, 0.15) is 0 Å². The van der Waals surface area contributed by atoms with Crippen LogP contribution < -0.4 is 16.2 Å². The van der Waals surface area contributed by atoms with Crippen molar-refractivity contribution >= 4 is 17.7 Å². The minimum atomic E-state index is -0.469. The van der Waals surface area contributed by atoms with Crippen molar-refractivity contribution in [3.8, 4) is 0 Å². The van der Waals surface area contributed by atoms with E-state index in [0.29, 0.717) is 5.56 Å². The van der Waals surface area contributed by atoms with E-state index in [1.165, 1.54) is 6.92 Å². The van der Waals surface area contributed by atoms with Crippen LogP contribution in [-0.2, 0) is 16.0 Å². The molecule has 6 nitrogen and oxygen atoms in total. The zero-order chi connectivity index (χ0) is 19.8. The zero-order valence-electron chi connectivity index (χ0n) is 15.8. The normalized spacial score (nSPS) is 11.4. The molecule has 0 fully saturated rings. The van der Waals surface area contributed by atoms with Gasteiger partial charge < -0.3 is 5.32 Å². The molecule has 3 amide bonds. The van der Waals surface area contributed by atoms with Crippen LogP contribution in [0.5, 0.6) is 0 Å². The van der Waals surface area contributed by atoms with E-state index < -0.39 is 17.9 Å². The number of hydrogen-bond acceptors (Lipinski definition) is 3. The monoisotopic (exact) mass is 367 g/mol. The van der Waals surface area contributed by atoms with Crippen molar-refractivity contribution < 1.29 is 14.4 Å². The SMILES string of the molecule is CCc1ccc(C(=O)NNC(=O)CC(NC(C)=O)c2ccc(C)cc2)cc1. The second kappa shape index (κ2) is 9.52. The molecule has 0 aromatic heterocycles. The maximum atomic E-state index is 12.2. The number of carbonyl (C=O) groups excluding carboxylic acids is 3. The Hall–Kier alpha value is -3.15. The Bertz CT molecular complexity index is 798. The minimum absolute atomic E-state index is 0.0116. The van der Waals surface area contributed by atoms with Crippen LogP contribution in [0.3, 0.4) is 0 Å². The summed E-state index contributed by atoms with van der Waals surface area (Å²) in [5, 5.41) is 2.77. The van der Waals surface area contributed by atoms with Gasteiger partial charge in [0, 0.05) is 12.5 Å². The van der Waals surface area contributed by atoms with Crippen LogP contribution >= 0.6 is 0 Å². The number of nitrogens with one attached hydrogen (secondary N) is 3. The van der Waals surface area contributed by atoms with Crippen LogP contribution in [0.15, 0.2) is 48.5 Å². The summed E-state index contributed by atoms with van der Waals surface area (Å²) < 4.78 is 0. The van der Waals surface area contributed by atoms with Crippen molar-refractivity contribution in [2.24, 2.45) is 0 Å². The Morgan fingerprint density at radius 1 is 0.926 bits per heavy atom. The lowest BCUT2D eigenvalue weighted by atomic mass is 10.0. The smallest absolute Gasteiger partial charge is 0.269 e. The van der Waals surface area contributed by atoms with Gasteiger partial charge in [-0.05, 0) is 36.6 Å². The third-order valence-corrected chi connectivity index (χ3v) is 4.19. The van der Waals surface area contributed by atoms with Crippen LogP contribution in [-0.4, -0.2) is 17.7 Å². The van der Waals surface area contributed by atoms with Gasteiger partial charge in [0.05, 0.1) is 12.5 Å². The summed E-state index contributed by atoms with van der Waals surface area (Å²) in [5.41, 5.74) is 8.32. The topological polar surface area (TPSA) is 87.3 Å². The molecule has 0 spiro atoms. The van der Waals surface area contributed by atoms with E-state index in [-0.39, 0.29) is 12.3 Å². The number of amides is 3. The molecule has 142 valence electrons. The Morgan fingerprint density at radius 2 is 1.56 bits per heavy atom. The molecule has 0 aliphatic rings. The van der Waals surface area contributed by atoms with Crippen molar-refractivity contribution in [2.45, 2.75) is 39.7 Å². The number of hydrazine groups is 1. The molecular weight excluding hydrogens is 342 g/mol. The first-order valence-corrected chi connectivity index (χ1v) is 8.90. The molecule has 2 aromatic rings. The minimum Gasteiger partial charge on any atom is -0.349 e. The molecule has 6 heteroatoms. The highest BCUT2D eigenvalue weighted by Gasteiger charge is 2.17. The van der Waals surface area contributed by atoms with Crippen molar-refractivity contribution in [2.75, 3.05) is 0 Å². The number of benzene rings is 2. The Balaban J connectivity index is 1.95. The van der Waals surface area contributed by atoms with Gasteiger partial charge in [0.2, 0.25) is 11.8 Å². The van der Waals surface area contributed by atoms with Crippen molar-refractivity contribution in [1.29, 1.82) is 0 Å². The molecule has 27 heavy (non-hydrogen) atoms. The van der Waals surface area contributed by atoms with Crippen LogP contribution in [0.2, 0.25) is 0 Å². The van der Waals surface area contributed by atoms with E-state index in [2.05, 4.69) is 16.2 Å². The first-order chi connectivity index (χ1) is 12.9. The molecular formula is C21H25N3O3. The first kappa shape index (κ1) is 20.2. The van der Waals surface area contributed by atoms with Gasteiger partial charge >= 0.3 is 0 Å². The molecule has 0 aliphatic heterocycles. The molecule has 3 N–H and O–H groups in total. The van der Waals surface area contributed by atoms with E-state index in [4.69, 9.17) is 0 Å². The number of carbonyl (C=O) groups is 3. The third kappa shape index (κ3) is 6.26. The number of rotatable bonds is 6. The highest BCUT2D eigenvalue weighted by Crippen LogP contribution is 2.17. The summed E-state index contributed by atoms with van der Waals surface area (Å²) >= 11 is 0. The van der Waals surface area contributed by atoms with E-state index in [9.17, 15) is 14.4 Å². The summed E-state index contributed by atoms with van der Waals surface area (Å²) in [6.45, 7) is 5.40. The largest absolute Gasteiger partial charge is 0.349 e. The zero-order valence-corrected chi connectivity index (χ0v) is 15.8. The highest BCUT2D eigenvalue weighted by atomic mass is 16.2. The Labute approximate surface area is 159 Å². The molecule has 0 bridgehead atoms. The molecule has 2 aromatic carbocycles. The standard InChI is InChI=1S/C21H25N3O3/c1-4-16-7-11-18(12-8-16)21(27)24-23-20(26)13-19(22-15(3)25)17-9-5-14(2)6-10-17/h5-12,19H,4,13H2,1-3H3,(H,22,25)(H,23,26)(H,24,27). The summed E-state index contributed by atoms with van der Waals surface area (Å²) in [7, 11) is 0. The summed E-state index contributed by atoms with van der Waals surface area (Å²) in [6.07, 6.45) is 0.903. The molecule has 0 saturated carbocycles. The molecule has 2 rings (SSSR count). The van der Waals surface area contributed by atoms with E-state index >= 15 is 0 Å². The van der Waals surface area contributed by atoms with Crippen LogP contribution in [0.1, 0.15) is 53.4 Å². The van der Waals surface area contributed by atoms with Gasteiger partial charge in [-0.15, -0.1) is 0 Å². The maximum Gasteiger partial charge on any atom is 0.269 e. The molecule has 1 atom stereocenters. The predicted molar refractivity (Wildman–Crippen MR) is 104 cm³/mol. The second-order valence-electron chi connectivity index (χ2n) is 6.42. The lowest BCUT2D eigenvalue weighted by molar-refractivity contribution is -0.123. The van der Waals surface area contributed by atoms with Gasteiger partial charge in [0.25, 0.3) is 5.91 Å². The van der Waals surface area contributed by atoms with Gasteiger partial charge in [-0.2, -0.15) is 0 Å².